The van der Waals surface area contributed by atoms with Gasteiger partial charge in [-0.1, -0.05) is 24.1 Å². The second-order valence-corrected chi connectivity index (χ2v) is 9.57. The van der Waals surface area contributed by atoms with Crippen molar-refractivity contribution in [2.24, 2.45) is 0 Å². The summed E-state index contributed by atoms with van der Waals surface area (Å²) in [4.78, 5) is 23.4. The highest BCUT2D eigenvalue weighted by Gasteiger charge is 2.51. The van der Waals surface area contributed by atoms with Gasteiger partial charge in [0.1, 0.15) is 0 Å². The summed E-state index contributed by atoms with van der Waals surface area (Å²) in [5.41, 5.74) is 1.58. The van der Waals surface area contributed by atoms with Gasteiger partial charge < -0.3 is 16.0 Å². The van der Waals surface area contributed by atoms with Crippen molar-refractivity contribution in [2.75, 3.05) is 11.1 Å². The number of aryl methyl sites for hydroxylation is 1. The molecule has 0 spiro atoms. The smallest absolute Gasteiger partial charge is 0.315 e. The van der Waals surface area contributed by atoms with Crippen LogP contribution in [0.3, 0.4) is 0 Å². The Kier molecular flexibility index (Phi) is 5.43. The topological polar surface area (TPSA) is 104 Å². The van der Waals surface area contributed by atoms with E-state index in [9.17, 15) is 18.0 Å². The van der Waals surface area contributed by atoms with Crippen LogP contribution >= 0.6 is 11.6 Å². The molecular weight excluding hydrogens is 378 g/mol. The first-order valence-corrected chi connectivity index (χ1v) is 10.7. The third-order valence-electron chi connectivity index (χ3n) is 4.86. The van der Waals surface area contributed by atoms with Crippen LogP contribution in [0.4, 0.5) is 10.5 Å². The summed E-state index contributed by atoms with van der Waals surface area (Å²) < 4.78 is 24.5. The van der Waals surface area contributed by atoms with Gasteiger partial charge in [0.05, 0.1) is 33.8 Å². The van der Waals surface area contributed by atoms with E-state index in [0.29, 0.717) is 30.0 Å². The third-order valence-corrected chi connectivity index (χ3v) is 7.45. The molecule has 3 rings (SSSR count). The number of unbranched alkanes of at least 4 members (excludes halogenated alkanes) is 1. The van der Waals surface area contributed by atoms with Crippen LogP contribution < -0.4 is 16.0 Å². The number of halogens is 1. The minimum atomic E-state index is -3.22. The van der Waals surface area contributed by atoms with Crippen molar-refractivity contribution < 1.29 is 18.0 Å². The van der Waals surface area contributed by atoms with Crippen LogP contribution in [0.2, 0.25) is 5.02 Å². The zero-order valence-electron chi connectivity index (χ0n) is 14.4. The largest absolute Gasteiger partial charge is 0.332 e. The van der Waals surface area contributed by atoms with Gasteiger partial charge in [0.2, 0.25) is 5.91 Å². The van der Waals surface area contributed by atoms with E-state index >= 15 is 0 Å². The van der Waals surface area contributed by atoms with E-state index in [1.54, 1.807) is 12.1 Å². The fourth-order valence-corrected chi connectivity index (χ4v) is 6.12. The highest BCUT2D eigenvalue weighted by molar-refractivity contribution is 7.92. The first-order chi connectivity index (χ1) is 12.3. The van der Waals surface area contributed by atoms with Gasteiger partial charge in [-0.2, -0.15) is 0 Å². The highest BCUT2D eigenvalue weighted by Crippen LogP contribution is 2.28. The van der Waals surface area contributed by atoms with Crippen LogP contribution in [0.5, 0.6) is 0 Å². The maximum atomic E-state index is 12.2. The van der Waals surface area contributed by atoms with Gasteiger partial charge in [-0.25, -0.2) is 13.2 Å². The van der Waals surface area contributed by atoms with Gasteiger partial charge in [0, 0.05) is 6.42 Å². The van der Waals surface area contributed by atoms with Crippen molar-refractivity contribution in [2.45, 2.75) is 49.9 Å². The van der Waals surface area contributed by atoms with E-state index in [4.69, 9.17) is 11.6 Å². The number of urea groups is 1. The molecule has 2 saturated heterocycles. The molecule has 7 nitrogen and oxygen atoms in total. The molecule has 1 aromatic carbocycles. The lowest BCUT2D eigenvalue weighted by atomic mass is 10.0. The summed E-state index contributed by atoms with van der Waals surface area (Å²) in [5.74, 6) is -0.174. The van der Waals surface area contributed by atoms with E-state index in [0.717, 1.165) is 5.56 Å². The van der Waals surface area contributed by atoms with Crippen LogP contribution in [-0.2, 0) is 14.6 Å². The van der Waals surface area contributed by atoms with Crippen molar-refractivity contribution in [3.63, 3.8) is 0 Å². The second kappa shape index (κ2) is 7.44. The predicted octanol–water partition coefficient (Wildman–Crippen LogP) is 1.99. The Labute approximate surface area is 157 Å². The number of sulfone groups is 1. The molecule has 3 amide bonds. The van der Waals surface area contributed by atoms with E-state index in [2.05, 4.69) is 16.0 Å². The summed E-state index contributed by atoms with van der Waals surface area (Å²) in [5, 5.41) is 8.01. The SMILES string of the molecule is Cc1ccc(NC(=O)CCCC[C@@H]2[C@@H]3NC(=O)N[C@H]3CS2(=O)=O)c(Cl)c1. The minimum Gasteiger partial charge on any atom is -0.332 e. The molecule has 142 valence electrons. The summed E-state index contributed by atoms with van der Waals surface area (Å²) in [6.45, 7) is 1.92. The van der Waals surface area contributed by atoms with Gasteiger partial charge in [0.15, 0.2) is 9.84 Å². The van der Waals surface area contributed by atoms with E-state index in [1.165, 1.54) is 0 Å². The number of benzene rings is 1. The lowest BCUT2D eigenvalue weighted by molar-refractivity contribution is -0.116. The maximum Gasteiger partial charge on any atom is 0.315 e. The third kappa shape index (κ3) is 4.12. The summed E-state index contributed by atoms with van der Waals surface area (Å²) in [6.07, 6.45) is 1.89. The number of rotatable bonds is 6. The average Bonchev–Trinajstić information content (AvgIpc) is 2.99. The van der Waals surface area contributed by atoms with Crippen molar-refractivity contribution in [1.29, 1.82) is 0 Å². The lowest BCUT2D eigenvalue weighted by Crippen LogP contribution is -2.39. The molecule has 3 atom stereocenters. The first kappa shape index (κ1) is 19.0. The number of nitrogens with one attached hydrogen (secondary N) is 3. The number of amides is 3. The Bertz CT molecular complexity index is 827. The van der Waals surface area contributed by atoms with Gasteiger partial charge in [-0.05, 0) is 37.5 Å². The fraction of sp³-hybridized carbons (Fsp3) is 0.529. The van der Waals surface area contributed by atoms with Crippen LogP contribution in [0.1, 0.15) is 31.2 Å². The number of hydrogen-bond acceptors (Lipinski definition) is 4. The lowest BCUT2D eigenvalue weighted by Gasteiger charge is -2.16. The zero-order chi connectivity index (χ0) is 18.9. The summed E-state index contributed by atoms with van der Waals surface area (Å²) in [7, 11) is -3.22. The van der Waals surface area contributed by atoms with E-state index in [1.807, 2.05) is 13.0 Å². The number of hydrogen-bond donors (Lipinski definition) is 3. The van der Waals surface area contributed by atoms with E-state index < -0.39 is 15.1 Å². The Morgan fingerprint density at radius 1 is 1.31 bits per heavy atom. The quantitative estimate of drug-likeness (QED) is 0.502. The van der Waals surface area contributed by atoms with Crippen molar-refractivity contribution in [3.05, 3.63) is 28.8 Å². The van der Waals surface area contributed by atoms with Gasteiger partial charge in [-0.3, -0.25) is 4.79 Å². The molecule has 2 heterocycles. The van der Waals surface area contributed by atoms with Gasteiger partial charge in [-0.15, -0.1) is 0 Å². The highest BCUT2D eigenvalue weighted by atomic mass is 35.5. The molecule has 0 aliphatic carbocycles. The molecule has 0 saturated carbocycles. The number of carbonyl (C=O) groups excluding carboxylic acids is 2. The second-order valence-electron chi connectivity index (χ2n) is 6.90. The molecule has 1 aromatic rings. The standard InChI is InChI=1S/C17H22ClN3O4S/c1-10-6-7-12(11(18)8-10)19-15(22)5-3-2-4-14-16-13(9-26(14,24)25)20-17(23)21-16/h6-8,13-14,16H,2-5,9H2,1H3,(H,19,22)(H2,20,21,23)/t13-,14+,16+/m0/s1. The first-order valence-electron chi connectivity index (χ1n) is 8.61. The van der Waals surface area contributed by atoms with Crippen molar-refractivity contribution >= 4 is 39.1 Å². The monoisotopic (exact) mass is 399 g/mol. The molecule has 0 unspecified atom stereocenters. The normalized spacial score (nSPS) is 26.1. The number of anilines is 1. The molecule has 2 fully saturated rings. The number of fused-ring (bicyclic) bond motifs is 1. The van der Waals surface area contributed by atoms with Gasteiger partial charge in [0.25, 0.3) is 0 Å². The summed E-state index contributed by atoms with van der Waals surface area (Å²) in [6, 6.07) is 4.39. The molecule has 0 aromatic heterocycles. The molecule has 0 bridgehead atoms. The Balaban J connectivity index is 1.46. The molecule has 9 heteroatoms. The maximum absolute atomic E-state index is 12.2. The van der Waals surface area contributed by atoms with Crippen LogP contribution in [-0.4, -0.2) is 43.4 Å². The Hall–Kier alpha value is -1.80. The Morgan fingerprint density at radius 3 is 2.81 bits per heavy atom. The molecule has 3 N–H and O–H groups in total. The molecule has 0 radical (unpaired) electrons. The Morgan fingerprint density at radius 2 is 2.08 bits per heavy atom. The zero-order valence-corrected chi connectivity index (χ0v) is 16.0. The fourth-order valence-electron chi connectivity index (χ4n) is 3.57. The summed E-state index contributed by atoms with van der Waals surface area (Å²) >= 11 is 6.09. The van der Waals surface area contributed by atoms with Gasteiger partial charge >= 0.3 is 6.03 Å². The van der Waals surface area contributed by atoms with Crippen molar-refractivity contribution in [1.82, 2.24) is 10.6 Å². The van der Waals surface area contributed by atoms with E-state index in [-0.39, 0.29) is 36.2 Å². The number of carbonyl (C=O) groups is 2. The van der Waals surface area contributed by atoms with Crippen LogP contribution in [0.15, 0.2) is 18.2 Å². The van der Waals surface area contributed by atoms with Crippen LogP contribution in [0.25, 0.3) is 0 Å². The molecule has 26 heavy (non-hydrogen) atoms. The predicted molar refractivity (Wildman–Crippen MR) is 100 cm³/mol. The molecular formula is C17H22ClN3O4S. The minimum absolute atomic E-state index is 0.0204. The van der Waals surface area contributed by atoms with Crippen molar-refractivity contribution in [3.8, 4) is 0 Å². The average molecular weight is 400 g/mol. The van der Waals surface area contributed by atoms with Crippen LogP contribution in [0, 0.1) is 6.92 Å². The molecule has 2 aliphatic rings. The molecule has 2 aliphatic heterocycles.